The van der Waals surface area contributed by atoms with Crippen molar-refractivity contribution >= 4 is 5.91 Å². The van der Waals surface area contributed by atoms with Crippen molar-refractivity contribution in [2.75, 3.05) is 6.54 Å². The Kier molecular flexibility index (Phi) is 4.06. The number of aromatic nitrogens is 1. The van der Waals surface area contributed by atoms with E-state index in [1.54, 1.807) is 24.3 Å². The first-order valence-corrected chi connectivity index (χ1v) is 6.74. The number of nitrogens with one attached hydrogen (secondary N) is 1. The van der Waals surface area contributed by atoms with E-state index in [9.17, 15) is 9.90 Å². The normalized spacial score (nSPS) is 12.2. The van der Waals surface area contributed by atoms with Gasteiger partial charge in [-0.15, -0.1) is 0 Å². The van der Waals surface area contributed by atoms with E-state index in [2.05, 4.69) is 10.5 Å². The average Bonchev–Trinajstić information content (AvgIpc) is 3.26. The highest BCUT2D eigenvalue weighted by molar-refractivity contribution is 5.92. The monoisotopic (exact) mass is 302 g/mol. The SMILES string of the molecule is O=C(NCCC(O)c1ccco1)c1cc(-c2ccco2)on1. The molecule has 0 fully saturated rings. The summed E-state index contributed by atoms with van der Waals surface area (Å²) in [5, 5.41) is 16.2. The molecule has 1 unspecified atom stereocenters. The molecule has 7 heteroatoms. The lowest BCUT2D eigenvalue weighted by Gasteiger charge is -2.07. The number of hydrogen-bond acceptors (Lipinski definition) is 6. The molecule has 0 aliphatic carbocycles. The van der Waals surface area contributed by atoms with E-state index >= 15 is 0 Å². The molecule has 3 aromatic rings. The van der Waals surface area contributed by atoms with Crippen LogP contribution in [0.1, 0.15) is 28.8 Å². The number of carbonyl (C=O) groups excluding carboxylic acids is 1. The molecule has 1 atom stereocenters. The van der Waals surface area contributed by atoms with Crippen molar-refractivity contribution in [3.05, 3.63) is 54.3 Å². The molecular formula is C15H14N2O5. The van der Waals surface area contributed by atoms with Crippen LogP contribution < -0.4 is 5.32 Å². The van der Waals surface area contributed by atoms with E-state index in [-0.39, 0.29) is 18.1 Å². The third-order valence-corrected chi connectivity index (χ3v) is 3.08. The van der Waals surface area contributed by atoms with E-state index in [4.69, 9.17) is 13.4 Å². The van der Waals surface area contributed by atoms with Gasteiger partial charge in [0.25, 0.3) is 5.91 Å². The number of aliphatic hydroxyl groups is 1. The summed E-state index contributed by atoms with van der Waals surface area (Å²) < 4.78 is 15.3. The van der Waals surface area contributed by atoms with E-state index in [0.717, 1.165) is 0 Å². The summed E-state index contributed by atoms with van der Waals surface area (Å²) in [5.41, 5.74) is 0.152. The van der Waals surface area contributed by atoms with E-state index in [0.29, 0.717) is 23.7 Å². The molecule has 3 aromatic heterocycles. The lowest BCUT2D eigenvalue weighted by Crippen LogP contribution is -2.25. The van der Waals surface area contributed by atoms with E-state index in [1.807, 2.05) is 0 Å². The topological polar surface area (TPSA) is 102 Å². The minimum absolute atomic E-state index is 0.152. The van der Waals surface area contributed by atoms with Gasteiger partial charge in [0.1, 0.15) is 11.9 Å². The van der Waals surface area contributed by atoms with Crippen molar-refractivity contribution < 1.29 is 23.3 Å². The number of amides is 1. The molecule has 0 aromatic carbocycles. The summed E-state index contributed by atoms with van der Waals surface area (Å²) in [6.45, 7) is 0.281. The minimum atomic E-state index is -0.758. The third kappa shape index (κ3) is 3.09. The highest BCUT2D eigenvalue weighted by atomic mass is 16.5. The largest absolute Gasteiger partial charge is 0.467 e. The molecule has 3 heterocycles. The van der Waals surface area contributed by atoms with Crippen LogP contribution in [0.2, 0.25) is 0 Å². The maximum atomic E-state index is 11.9. The van der Waals surface area contributed by atoms with Gasteiger partial charge >= 0.3 is 0 Å². The maximum absolute atomic E-state index is 11.9. The Balaban J connectivity index is 1.52. The van der Waals surface area contributed by atoms with Crippen LogP contribution in [0.25, 0.3) is 11.5 Å². The van der Waals surface area contributed by atoms with Crippen LogP contribution in [0.4, 0.5) is 0 Å². The van der Waals surface area contributed by atoms with Gasteiger partial charge in [0.15, 0.2) is 11.5 Å². The van der Waals surface area contributed by atoms with Gasteiger partial charge in [0.05, 0.1) is 12.5 Å². The van der Waals surface area contributed by atoms with Crippen molar-refractivity contribution in [1.82, 2.24) is 10.5 Å². The van der Waals surface area contributed by atoms with Gasteiger partial charge in [0.2, 0.25) is 5.76 Å². The summed E-state index contributed by atoms with van der Waals surface area (Å²) in [6, 6.07) is 8.30. The second-order valence-corrected chi connectivity index (χ2v) is 4.63. The van der Waals surface area contributed by atoms with E-state index in [1.165, 1.54) is 18.6 Å². The molecule has 0 radical (unpaired) electrons. The Morgan fingerprint density at radius 1 is 1.23 bits per heavy atom. The van der Waals surface area contributed by atoms with Gasteiger partial charge in [0, 0.05) is 12.6 Å². The van der Waals surface area contributed by atoms with Crippen molar-refractivity contribution in [2.45, 2.75) is 12.5 Å². The minimum Gasteiger partial charge on any atom is -0.467 e. The van der Waals surface area contributed by atoms with Crippen LogP contribution in [-0.4, -0.2) is 22.7 Å². The summed E-state index contributed by atoms with van der Waals surface area (Å²) >= 11 is 0. The summed E-state index contributed by atoms with van der Waals surface area (Å²) in [7, 11) is 0. The molecule has 0 saturated heterocycles. The van der Waals surface area contributed by atoms with Crippen molar-refractivity contribution in [3.8, 4) is 11.5 Å². The van der Waals surface area contributed by atoms with Gasteiger partial charge in [-0.05, 0) is 30.7 Å². The van der Waals surface area contributed by atoms with Crippen LogP contribution in [0.15, 0.2) is 56.2 Å². The van der Waals surface area contributed by atoms with Crippen LogP contribution >= 0.6 is 0 Å². The Hall–Kier alpha value is -2.80. The lowest BCUT2D eigenvalue weighted by molar-refractivity contribution is 0.0927. The molecule has 7 nitrogen and oxygen atoms in total. The molecule has 0 aliphatic heterocycles. The molecule has 0 bridgehead atoms. The number of nitrogens with zero attached hydrogens (tertiary/aromatic N) is 1. The molecule has 0 spiro atoms. The predicted molar refractivity (Wildman–Crippen MR) is 74.8 cm³/mol. The second kappa shape index (κ2) is 6.31. The highest BCUT2D eigenvalue weighted by Gasteiger charge is 2.16. The van der Waals surface area contributed by atoms with Gasteiger partial charge < -0.3 is 23.8 Å². The van der Waals surface area contributed by atoms with Crippen molar-refractivity contribution in [2.24, 2.45) is 0 Å². The van der Waals surface area contributed by atoms with Crippen molar-refractivity contribution in [3.63, 3.8) is 0 Å². The molecule has 22 heavy (non-hydrogen) atoms. The number of rotatable bonds is 6. The second-order valence-electron chi connectivity index (χ2n) is 4.63. The molecule has 3 rings (SSSR count). The summed E-state index contributed by atoms with van der Waals surface area (Å²) in [4.78, 5) is 11.9. The first-order chi connectivity index (χ1) is 10.7. The van der Waals surface area contributed by atoms with Gasteiger partial charge in [-0.25, -0.2) is 0 Å². The zero-order valence-electron chi connectivity index (χ0n) is 11.6. The van der Waals surface area contributed by atoms with Crippen LogP contribution in [0, 0.1) is 0 Å². The number of hydrogen-bond donors (Lipinski definition) is 2. The quantitative estimate of drug-likeness (QED) is 0.725. The van der Waals surface area contributed by atoms with Gasteiger partial charge in [-0.2, -0.15) is 0 Å². The molecule has 0 saturated carbocycles. The Bertz CT molecular complexity index is 715. The Morgan fingerprint density at radius 2 is 2.05 bits per heavy atom. The number of aliphatic hydroxyl groups excluding tert-OH is 1. The predicted octanol–water partition coefficient (Wildman–Crippen LogP) is 2.38. The van der Waals surface area contributed by atoms with Gasteiger partial charge in [-0.3, -0.25) is 4.79 Å². The van der Waals surface area contributed by atoms with Crippen LogP contribution in [0.5, 0.6) is 0 Å². The van der Waals surface area contributed by atoms with E-state index < -0.39 is 6.10 Å². The highest BCUT2D eigenvalue weighted by Crippen LogP contribution is 2.20. The number of carbonyl (C=O) groups is 1. The first-order valence-electron chi connectivity index (χ1n) is 6.74. The first kappa shape index (κ1) is 14.2. The molecule has 2 N–H and O–H groups in total. The zero-order valence-corrected chi connectivity index (χ0v) is 11.6. The third-order valence-electron chi connectivity index (χ3n) is 3.08. The fourth-order valence-electron chi connectivity index (χ4n) is 1.95. The maximum Gasteiger partial charge on any atom is 0.273 e. The average molecular weight is 302 g/mol. The zero-order chi connectivity index (χ0) is 15.4. The molecule has 114 valence electrons. The smallest absolute Gasteiger partial charge is 0.273 e. The van der Waals surface area contributed by atoms with Crippen molar-refractivity contribution in [1.29, 1.82) is 0 Å². The Labute approximate surface area is 125 Å². The fraction of sp³-hybridized carbons (Fsp3) is 0.200. The number of furan rings is 2. The fourth-order valence-corrected chi connectivity index (χ4v) is 1.95. The van der Waals surface area contributed by atoms with Crippen LogP contribution in [0.3, 0.4) is 0 Å². The summed E-state index contributed by atoms with van der Waals surface area (Å²) in [6.07, 6.45) is 2.57. The lowest BCUT2D eigenvalue weighted by atomic mass is 10.2. The van der Waals surface area contributed by atoms with Crippen LogP contribution in [-0.2, 0) is 0 Å². The Morgan fingerprint density at radius 3 is 2.77 bits per heavy atom. The molecule has 1 amide bonds. The summed E-state index contributed by atoms with van der Waals surface area (Å²) in [5.74, 6) is 0.967. The molecule has 0 aliphatic rings. The standard InChI is InChI=1S/C15H14N2O5/c18-11(12-3-1-7-20-12)5-6-16-15(19)10-9-14(22-17-10)13-4-2-8-21-13/h1-4,7-9,11,18H,5-6H2,(H,16,19). The van der Waals surface area contributed by atoms with Gasteiger partial charge in [-0.1, -0.05) is 5.16 Å². The molecular weight excluding hydrogens is 288 g/mol.